The molecule has 8 heteroatoms. The van der Waals surface area contributed by atoms with E-state index in [-0.39, 0.29) is 0 Å². The van der Waals surface area contributed by atoms with Crippen molar-refractivity contribution >= 4 is 28.8 Å². The van der Waals surface area contributed by atoms with Gasteiger partial charge in [0.05, 0.1) is 0 Å². The Morgan fingerprint density at radius 2 is 1.42 bits per heavy atom. The number of pyridine rings is 1. The van der Waals surface area contributed by atoms with Crippen molar-refractivity contribution in [2.75, 3.05) is 47.0 Å². The molecule has 0 amide bonds. The van der Waals surface area contributed by atoms with E-state index in [4.69, 9.17) is 10.5 Å². The van der Waals surface area contributed by atoms with Crippen LogP contribution in [-0.2, 0) is 0 Å². The molecule has 2 aromatic carbocycles. The molecule has 0 aliphatic carbocycles. The molecule has 33 heavy (non-hydrogen) atoms. The standard InChI is InChI=1S/C25H25N7O/c26-23-24(30-19-9-11-21(12-10-19)33-20-6-2-1-3-7-20)28-18-29-25(23)32-16-14-31(15-17-32)22-8-4-5-13-27-22/h1-13,18H,14-17,26H2,(H,28,29,30). The number of ether oxygens (including phenoxy) is 1. The van der Waals surface area contributed by atoms with Gasteiger partial charge in [-0.25, -0.2) is 15.0 Å². The van der Waals surface area contributed by atoms with Gasteiger partial charge in [0.25, 0.3) is 0 Å². The van der Waals surface area contributed by atoms with Gasteiger partial charge in [0.15, 0.2) is 11.6 Å². The molecule has 4 aromatic rings. The number of aromatic nitrogens is 3. The number of hydrogen-bond acceptors (Lipinski definition) is 8. The van der Waals surface area contributed by atoms with E-state index in [0.717, 1.165) is 55.0 Å². The number of piperazine rings is 1. The molecular weight excluding hydrogens is 414 g/mol. The van der Waals surface area contributed by atoms with E-state index >= 15 is 0 Å². The Hall–Kier alpha value is -4.33. The lowest BCUT2D eigenvalue weighted by Crippen LogP contribution is -2.47. The Morgan fingerprint density at radius 1 is 0.727 bits per heavy atom. The minimum absolute atomic E-state index is 0.536. The van der Waals surface area contributed by atoms with Crippen molar-refractivity contribution in [1.29, 1.82) is 0 Å². The van der Waals surface area contributed by atoms with E-state index in [1.807, 2.05) is 79.0 Å². The highest BCUT2D eigenvalue weighted by Gasteiger charge is 2.22. The lowest BCUT2D eigenvalue weighted by atomic mass is 10.2. The molecule has 8 nitrogen and oxygen atoms in total. The van der Waals surface area contributed by atoms with Crippen LogP contribution in [0.5, 0.6) is 11.5 Å². The summed E-state index contributed by atoms with van der Waals surface area (Å²) in [6, 6.07) is 23.4. The maximum absolute atomic E-state index is 6.46. The van der Waals surface area contributed by atoms with Crippen LogP contribution in [-0.4, -0.2) is 41.1 Å². The van der Waals surface area contributed by atoms with Crippen molar-refractivity contribution in [3.05, 3.63) is 85.3 Å². The van der Waals surface area contributed by atoms with Crippen LogP contribution in [0.3, 0.4) is 0 Å². The average Bonchev–Trinajstić information content (AvgIpc) is 2.88. The normalized spacial score (nSPS) is 13.6. The van der Waals surface area contributed by atoms with Gasteiger partial charge in [-0.2, -0.15) is 0 Å². The van der Waals surface area contributed by atoms with Crippen molar-refractivity contribution < 1.29 is 4.74 Å². The van der Waals surface area contributed by atoms with Gasteiger partial charge in [-0.3, -0.25) is 0 Å². The number of para-hydroxylation sites is 1. The summed E-state index contributed by atoms with van der Waals surface area (Å²) in [5.41, 5.74) is 7.86. The quantitative estimate of drug-likeness (QED) is 0.459. The molecule has 3 heterocycles. The lowest BCUT2D eigenvalue weighted by molar-refractivity contribution is 0.483. The van der Waals surface area contributed by atoms with Crippen molar-refractivity contribution in [3.8, 4) is 11.5 Å². The molecule has 0 spiro atoms. The van der Waals surface area contributed by atoms with Gasteiger partial charge in [-0.05, 0) is 48.5 Å². The van der Waals surface area contributed by atoms with Crippen LogP contribution in [0.2, 0.25) is 0 Å². The van der Waals surface area contributed by atoms with E-state index in [2.05, 4.69) is 30.1 Å². The number of nitrogens with two attached hydrogens (primary N) is 1. The minimum Gasteiger partial charge on any atom is -0.457 e. The molecule has 1 aliphatic heterocycles. The van der Waals surface area contributed by atoms with Gasteiger partial charge in [0, 0.05) is 38.1 Å². The molecule has 0 unspecified atom stereocenters. The number of nitrogens with one attached hydrogen (secondary N) is 1. The van der Waals surface area contributed by atoms with Gasteiger partial charge < -0.3 is 25.6 Å². The molecule has 1 saturated heterocycles. The third-order valence-corrected chi connectivity index (χ3v) is 5.51. The topological polar surface area (TPSA) is 92.4 Å². The molecule has 1 aliphatic rings. The fourth-order valence-corrected chi connectivity index (χ4v) is 3.79. The van der Waals surface area contributed by atoms with Crippen LogP contribution >= 0.6 is 0 Å². The monoisotopic (exact) mass is 439 g/mol. The van der Waals surface area contributed by atoms with E-state index in [9.17, 15) is 0 Å². The highest BCUT2D eigenvalue weighted by Crippen LogP contribution is 2.30. The Bertz CT molecular complexity index is 1180. The summed E-state index contributed by atoms with van der Waals surface area (Å²) in [5.74, 6) is 3.89. The Kier molecular flexibility index (Phi) is 5.88. The Morgan fingerprint density at radius 3 is 2.15 bits per heavy atom. The van der Waals surface area contributed by atoms with Gasteiger partial charge in [-0.1, -0.05) is 24.3 Å². The molecule has 0 bridgehead atoms. The second kappa shape index (κ2) is 9.44. The zero-order valence-corrected chi connectivity index (χ0v) is 18.1. The van der Waals surface area contributed by atoms with Gasteiger partial charge in [0.1, 0.15) is 29.3 Å². The molecule has 5 rings (SSSR count). The summed E-state index contributed by atoms with van der Waals surface area (Å²) in [6.45, 7) is 3.32. The molecule has 2 aromatic heterocycles. The summed E-state index contributed by atoms with van der Waals surface area (Å²) >= 11 is 0. The smallest absolute Gasteiger partial charge is 0.159 e. The number of nitrogen functional groups attached to an aromatic ring is 1. The van der Waals surface area contributed by atoms with E-state index in [0.29, 0.717) is 11.5 Å². The second-order valence-corrected chi connectivity index (χ2v) is 7.69. The first-order chi connectivity index (χ1) is 16.3. The number of benzene rings is 2. The van der Waals surface area contributed by atoms with Crippen LogP contribution in [0.25, 0.3) is 0 Å². The third kappa shape index (κ3) is 4.79. The molecule has 0 radical (unpaired) electrons. The molecular formula is C25H25N7O. The average molecular weight is 440 g/mol. The fourth-order valence-electron chi connectivity index (χ4n) is 3.79. The number of hydrogen-bond donors (Lipinski definition) is 2. The van der Waals surface area contributed by atoms with Crippen molar-refractivity contribution in [2.24, 2.45) is 0 Å². The first-order valence-electron chi connectivity index (χ1n) is 10.9. The van der Waals surface area contributed by atoms with E-state index in [1.54, 1.807) is 6.33 Å². The summed E-state index contributed by atoms with van der Waals surface area (Å²) in [5, 5.41) is 3.30. The van der Waals surface area contributed by atoms with Crippen molar-refractivity contribution in [1.82, 2.24) is 15.0 Å². The molecule has 0 atom stereocenters. The predicted molar refractivity (Wildman–Crippen MR) is 131 cm³/mol. The maximum atomic E-state index is 6.46. The number of nitrogens with zero attached hydrogens (tertiary/aromatic N) is 5. The minimum atomic E-state index is 0.536. The van der Waals surface area contributed by atoms with Gasteiger partial charge >= 0.3 is 0 Å². The zero-order valence-electron chi connectivity index (χ0n) is 18.1. The van der Waals surface area contributed by atoms with Gasteiger partial charge in [0.2, 0.25) is 0 Å². The van der Waals surface area contributed by atoms with Gasteiger partial charge in [-0.15, -0.1) is 0 Å². The highest BCUT2D eigenvalue weighted by molar-refractivity contribution is 5.78. The summed E-state index contributed by atoms with van der Waals surface area (Å²) < 4.78 is 5.85. The lowest BCUT2D eigenvalue weighted by Gasteiger charge is -2.36. The predicted octanol–water partition coefficient (Wildman–Crippen LogP) is 4.32. The number of anilines is 5. The first-order valence-corrected chi connectivity index (χ1v) is 10.9. The molecule has 0 saturated carbocycles. The van der Waals surface area contributed by atoms with Crippen LogP contribution < -0.4 is 25.6 Å². The second-order valence-electron chi connectivity index (χ2n) is 7.69. The molecule has 1 fully saturated rings. The summed E-state index contributed by atoms with van der Waals surface area (Å²) in [4.78, 5) is 17.7. The third-order valence-electron chi connectivity index (χ3n) is 5.51. The van der Waals surface area contributed by atoms with Crippen molar-refractivity contribution in [2.45, 2.75) is 0 Å². The van der Waals surface area contributed by atoms with Crippen LogP contribution in [0.1, 0.15) is 0 Å². The fraction of sp³-hybridized carbons (Fsp3) is 0.160. The summed E-state index contributed by atoms with van der Waals surface area (Å²) in [7, 11) is 0. The Labute approximate surface area is 192 Å². The maximum Gasteiger partial charge on any atom is 0.159 e. The zero-order chi connectivity index (χ0) is 22.5. The van der Waals surface area contributed by atoms with E-state index in [1.165, 1.54) is 0 Å². The molecule has 166 valence electrons. The highest BCUT2D eigenvalue weighted by atomic mass is 16.5. The first kappa shape index (κ1) is 20.6. The van der Waals surface area contributed by atoms with Crippen LogP contribution in [0.15, 0.2) is 85.3 Å². The van der Waals surface area contributed by atoms with Crippen LogP contribution in [0, 0.1) is 0 Å². The Balaban J connectivity index is 1.24. The van der Waals surface area contributed by atoms with Crippen molar-refractivity contribution in [3.63, 3.8) is 0 Å². The number of rotatable bonds is 6. The van der Waals surface area contributed by atoms with Crippen LogP contribution in [0.4, 0.5) is 28.8 Å². The molecule has 3 N–H and O–H groups in total. The SMILES string of the molecule is Nc1c(Nc2ccc(Oc3ccccc3)cc2)ncnc1N1CCN(c2ccccn2)CC1. The summed E-state index contributed by atoms with van der Waals surface area (Å²) in [6.07, 6.45) is 3.37. The largest absolute Gasteiger partial charge is 0.457 e. The van der Waals surface area contributed by atoms with E-state index < -0.39 is 0 Å².